The molecule has 0 amide bonds. The third-order valence-electron chi connectivity index (χ3n) is 6.64. The molecule has 0 N–H and O–H groups in total. The number of hydrogen-bond acceptors (Lipinski definition) is 6. The third-order valence-corrected chi connectivity index (χ3v) is 6.64. The molecule has 0 aliphatic carbocycles. The molecule has 6 nitrogen and oxygen atoms in total. The summed E-state index contributed by atoms with van der Waals surface area (Å²) in [4.78, 5) is 0. The molecule has 4 aromatic carbocycles. The van der Waals surface area contributed by atoms with E-state index in [1.165, 1.54) is 11.1 Å². The van der Waals surface area contributed by atoms with Crippen LogP contribution in [0.5, 0.6) is 40.2 Å². The molecule has 0 aromatic heterocycles. The normalized spacial score (nSPS) is 10.6. The van der Waals surface area contributed by atoms with E-state index in [0.29, 0.717) is 28.7 Å². The van der Waals surface area contributed by atoms with Gasteiger partial charge in [-0.25, -0.2) is 0 Å². The molecule has 0 saturated carbocycles. The molecule has 4 aromatic rings. The quantitative estimate of drug-likeness (QED) is 0.185. The summed E-state index contributed by atoms with van der Waals surface area (Å²) in [5.41, 5.74) is 4.70. The maximum Gasteiger partial charge on any atom is 0.203 e. The summed E-state index contributed by atoms with van der Waals surface area (Å²) in [6.07, 6.45) is 3.45. The molecule has 0 radical (unpaired) electrons. The molecule has 0 saturated heterocycles. The van der Waals surface area contributed by atoms with Crippen molar-refractivity contribution < 1.29 is 28.4 Å². The number of rotatable bonds is 13. The van der Waals surface area contributed by atoms with Crippen molar-refractivity contribution in [2.24, 2.45) is 0 Å². The summed E-state index contributed by atoms with van der Waals surface area (Å²) in [6, 6.07) is 26.4. The van der Waals surface area contributed by atoms with Gasteiger partial charge < -0.3 is 28.4 Å². The van der Waals surface area contributed by atoms with Crippen LogP contribution < -0.4 is 28.4 Å². The van der Waals surface area contributed by atoms with E-state index in [0.717, 1.165) is 48.3 Å². The zero-order chi connectivity index (χ0) is 27.6. The summed E-state index contributed by atoms with van der Waals surface area (Å²) < 4.78 is 33.6. The number of methoxy groups -OCH3 is 5. The van der Waals surface area contributed by atoms with E-state index in [4.69, 9.17) is 28.4 Å². The predicted molar refractivity (Wildman–Crippen MR) is 153 cm³/mol. The first-order chi connectivity index (χ1) is 19.1. The Balaban J connectivity index is 1.44. The van der Waals surface area contributed by atoms with Crippen molar-refractivity contribution in [2.75, 3.05) is 35.5 Å². The van der Waals surface area contributed by atoms with Crippen molar-refractivity contribution in [1.82, 2.24) is 0 Å². The topological polar surface area (TPSA) is 55.4 Å². The van der Waals surface area contributed by atoms with Crippen molar-refractivity contribution in [2.45, 2.75) is 25.7 Å². The van der Waals surface area contributed by atoms with Crippen molar-refractivity contribution in [3.8, 4) is 40.2 Å². The van der Waals surface area contributed by atoms with Gasteiger partial charge in [-0.1, -0.05) is 30.3 Å². The third kappa shape index (κ3) is 7.17. The molecule has 6 heteroatoms. The van der Waals surface area contributed by atoms with Crippen LogP contribution in [0.4, 0.5) is 0 Å². The van der Waals surface area contributed by atoms with E-state index in [-0.39, 0.29) is 0 Å². The van der Waals surface area contributed by atoms with Gasteiger partial charge in [-0.05, 0) is 96.5 Å². The molecule has 4 rings (SSSR count). The lowest BCUT2D eigenvalue weighted by molar-refractivity contribution is 0.324. The van der Waals surface area contributed by atoms with Gasteiger partial charge in [0.2, 0.25) is 5.75 Å². The average molecular weight is 529 g/mol. The summed E-state index contributed by atoms with van der Waals surface area (Å²) in [5, 5.41) is 0. The lowest BCUT2D eigenvalue weighted by atomic mass is 10.0. The van der Waals surface area contributed by atoms with Crippen LogP contribution in [-0.2, 0) is 25.7 Å². The van der Waals surface area contributed by atoms with Crippen LogP contribution in [0.2, 0.25) is 0 Å². The van der Waals surface area contributed by atoms with Gasteiger partial charge in [-0.2, -0.15) is 0 Å². The van der Waals surface area contributed by atoms with Gasteiger partial charge in [0, 0.05) is 0 Å². The van der Waals surface area contributed by atoms with Gasteiger partial charge in [0.15, 0.2) is 23.0 Å². The van der Waals surface area contributed by atoms with Gasteiger partial charge in [-0.15, -0.1) is 0 Å². The van der Waals surface area contributed by atoms with E-state index in [1.807, 2.05) is 42.5 Å². The first-order valence-electron chi connectivity index (χ1n) is 12.9. The second-order valence-corrected chi connectivity index (χ2v) is 9.12. The Kier molecular flexibility index (Phi) is 9.57. The lowest BCUT2D eigenvalue weighted by Crippen LogP contribution is -1.99. The molecule has 0 bridgehead atoms. The van der Waals surface area contributed by atoms with Crippen molar-refractivity contribution in [3.05, 3.63) is 101 Å². The maximum absolute atomic E-state index is 6.32. The fourth-order valence-electron chi connectivity index (χ4n) is 4.50. The number of aryl methyl sites for hydroxylation is 4. The monoisotopic (exact) mass is 528 g/mol. The Morgan fingerprint density at radius 2 is 0.974 bits per heavy atom. The Hall–Kier alpha value is -4.32. The van der Waals surface area contributed by atoms with E-state index in [1.54, 1.807) is 35.5 Å². The lowest BCUT2D eigenvalue weighted by Gasteiger charge is -2.15. The predicted octanol–water partition coefficient (Wildman–Crippen LogP) is 7.09. The van der Waals surface area contributed by atoms with Gasteiger partial charge in [0.1, 0.15) is 11.5 Å². The molecule has 0 spiro atoms. The second kappa shape index (κ2) is 13.5. The molecule has 0 aliphatic rings. The Morgan fingerprint density at radius 1 is 0.410 bits per heavy atom. The van der Waals surface area contributed by atoms with E-state index in [2.05, 4.69) is 36.4 Å². The zero-order valence-electron chi connectivity index (χ0n) is 23.3. The highest BCUT2D eigenvalue weighted by Crippen LogP contribution is 2.38. The Labute approximate surface area is 231 Å². The highest BCUT2D eigenvalue weighted by Gasteiger charge is 2.14. The largest absolute Gasteiger partial charge is 0.497 e. The molecule has 0 unspecified atom stereocenters. The molecule has 0 heterocycles. The molecule has 0 atom stereocenters. The van der Waals surface area contributed by atoms with Crippen molar-refractivity contribution in [3.63, 3.8) is 0 Å². The first-order valence-corrected chi connectivity index (χ1v) is 12.9. The van der Waals surface area contributed by atoms with Crippen LogP contribution in [0.3, 0.4) is 0 Å². The van der Waals surface area contributed by atoms with Crippen LogP contribution in [0.25, 0.3) is 0 Å². The summed E-state index contributed by atoms with van der Waals surface area (Å²) in [7, 11) is 8.21. The standard InChI is InChI=1S/C33H36O6/c1-34-27-16-13-23(14-17-27)9-10-25-15-18-29(35-2)30(20-25)39-28-8-6-7-24(19-28)11-12-26-21-31(36-3)33(38-5)32(22-26)37-4/h6-8,13-22H,9-12H2,1-5H3. The van der Waals surface area contributed by atoms with Gasteiger partial charge in [-0.3, -0.25) is 0 Å². The van der Waals surface area contributed by atoms with Crippen LogP contribution in [0.15, 0.2) is 78.9 Å². The van der Waals surface area contributed by atoms with Gasteiger partial charge in [0.25, 0.3) is 0 Å². The van der Waals surface area contributed by atoms with Crippen molar-refractivity contribution >= 4 is 0 Å². The number of benzene rings is 4. The van der Waals surface area contributed by atoms with Gasteiger partial charge in [0.05, 0.1) is 35.5 Å². The van der Waals surface area contributed by atoms with Crippen LogP contribution >= 0.6 is 0 Å². The molecular formula is C33H36O6. The smallest absolute Gasteiger partial charge is 0.203 e. The second-order valence-electron chi connectivity index (χ2n) is 9.12. The highest BCUT2D eigenvalue weighted by atomic mass is 16.5. The molecular weight excluding hydrogens is 492 g/mol. The van der Waals surface area contributed by atoms with E-state index >= 15 is 0 Å². The fourth-order valence-corrected chi connectivity index (χ4v) is 4.50. The molecule has 0 fully saturated rings. The minimum Gasteiger partial charge on any atom is -0.497 e. The van der Waals surface area contributed by atoms with Crippen LogP contribution in [0, 0.1) is 0 Å². The number of ether oxygens (including phenoxy) is 6. The van der Waals surface area contributed by atoms with E-state index in [9.17, 15) is 0 Å². The Bertz CT molecular complexity index is 1340. The summed E-state index contributed by atoms with van der Waals surface area (Å²) in [6.45, 7) is 0. The maximum atomic E-state index is 6.32. The summed E-state index contributed by atoms with van der Waals surface area (Å²) in [5.74, 6) is 4.94. The minimum atomic E-state index is 0.597. The van der Waals surface area contributed by atoms with Crippen LogP contribution in [0.1, 0.15) is 22.3 Å². The fraction of sp³-hybridized carbons (Fsp3) is 0.273. The van der Waals surface area contributed by atoms with E-state index < -0.39 is 0 Å². The molecule has 39 heavy (non-hydrogen) atoms. The van der Waals surface area contributed by atoms with Crippen molar-refractivity contribution in [1.29, 1.82) is 0 Å². The summed E-state index contributed by atoms with van der Waals surface area (Å²) >= 11 is 0. The zero-order valence-corrected chi connectivity index (χ0v) is 23.3. The first kappa shape index (κ1) is 27.7. The Morgan fingerprint density at radius 3 is 1.59 bits per heavy atom. The molecule has 204 valence electrons. The minimum absolute atomic E-state index is 0.597. The van der Waals surface area contributed by atoms with Gasteiger partial charge >= 0.3 is 0 Å². The SMILES string of the molecule is COc1ccc(CCc2ccc(OC)c(Oc3cccc(CCc4cc(OC)c(OC)c(OC)c4)c3)c2)cc1. The number of hydrogen-bond donors (Lipinski definition) is 0. The van der Waals surface area contributed by atoms with Crippen LogP contribution in [-0.4, -0.2) is 35.5 Å². The average Bonchev–Trinajstić information content (AvgIpc) is 2.98. The highest BCUT2D eigenvalue weighted by molar-refractivity contribution is 5.54. The molecule has 0 aliphatic heterocycles.